The molecular formula is C19H26N4O2S. The Morgan fingerprint density at radius 2 is 1.96 bits per heavy atom. The maximum Gasteiger partial charge on any atom is 0.257 e. The van der Waals surface area contributed by atoms with Gasteiger partial charge in [0.05, 0.1) is 6.54 Å². The molecule has 0 fully saturated rings. The molecule has 1 heterocycles. The minimum atomic E-state index is -0.119. The summed E-state index contributed by atoms with van der Waals surface area (Å²) in [5.74, 6) is 1.33. The number of hydrogen-bond acceptors (Lipinski definition) is 4. The largest absolute Gasteiger partial charge is 0.484 e. The molecule has 0 aliphatic carbocycles. The molecule has 0 aliphatic heterocycles. The lowest BCUT2D eigenvalue weighted by Gasteiger charge is -2.12. The summed E-state index contributed by atoms with van der Waals surface area (Å²) in [6, 6.07) is 9.77. The van der Waals surface area contributed by atoms with Crippen LogP contribution in [0, 0.1) is 0 Å². The molecule has 0 atom stereocenters. The molecule has 1 aromatic heterocycles. The predicted octanol–water partition coefficient (Wildman–Crippen LogP) is 2.52. The number of hydrogen-bond donors (Lipinski definition) is 3. The highest BCUT2D eigenvalue weighted by molar-refractivity contribution is 7.07. The summed E-state index contributed by atoms with van der Waals surface area (Å²) in [5, 5.41) is 13.4. The van der Waals surface area contributed by atoms with Crippen molar-refractivity contribution in [3.05, 3.63) is 52.2 Å². The third-order valence-corrected chi connectivity index (χ3v) is 4.18. The summed E-state index contributed by atoms with van der Waals surface area (Å²) < 4.78 is 5.53. The van der Waals surface area contributed by atoms with Crippen LogP contribution in [0.15, 0.2) is 46.1 Å². The van der Waals surface area contributed by atoms with Crippen molar-refractivity contribution in [1.82, 2.24) is 16.0 Å². The van der Waals surface area contributed by atoms with E-state index in [1.165, 1.54) is 5.56 Å². The minimum absolute atomic E-state index is 0.0233. The second-order valence-electron chi connectivity index (χ2n) is 5.57. The Kier molecular flexibility index (Phi) is 8.48. The molecule has 0 bridgehead atoms. The molecule has 0 unspecified atom stereocenters. The second kappa shape index (κ2) is 11.1. The molecule has 2 rings (SSSR count). The van der Waals surface area contributed by atoms with Crippen LogP contribution in [0.3, 0.4) is 0 Å². The number of likely N-dealkylation sites (N-methyl/N-ethyl adjacent to an activating group) is 1. The molecule has 0 aliphatic rings. The molecule has 0 saturated heterocycles. The fourth-order valence-electron chi connectivity index (χ4n) is 2.22. The molecule has 3 N–H and O–H groups in total. The van der Waals surface area contributed by atoms with E-state index in [1.807, 2.05) is 38.1 Å². The molecule has 6 nitrogen and oxygen atoms in total. The van der Waals surface area contributed by atoms with Crippen molar-refractivity contribution in [2.45, 2.75) is 26.9 Å². The Bertz CT molecular complexity index is 701. The van der Waals surface area contributed by atoms with E-state index in [2.05, 4.69) is 37.8 Å². The second-order valence-corrected chi connectivity index (χ2v) is 6.35. The molecule has 0 saturated carbocycles. The quantitative estimate of drug-likeness (QED) is 0.466. The van der Waals surface area contributed by atoms with Crippen molar-refractivity contribution < 1.29 is 9.53 Å². The van der Waals surface area contributed by atoms with E-state index in [0.717, 1.165) is 18.1 Å². The first kappa shape index (κ1) is 19.8. The monoisotopic (exact) mass is 374 g/mol. The number of carbonyl (C=O) groups excluding carboxylic acids is 1. The van der Waals surface area contributed by atoms with E-state index in [1.54, 1.807) is 11.3 Å². The highest BCUT2D eigenvalue weighted by Gasteiger charge is 2.03. The lowest BCUT2D eigenvalue weighted by atomic mass is 10.2. The van der Waals surface area contributed by atoms with Gasteiger partial charge in [-0.2, -0.15) is 11.3 Å². The first-order valence-electron chi connectivity index (χ1n) is 8.73. The van der Waals surface area contributed by atoms with Crippen LogP contribution in [-0.4, -0.2) is 31.6 Å². The summed E-state index contributed by atoms with van der Waals surface area (Å²) in [6.45, 7) is 6.61. The maximum absolute atomic E-state index is 11.5. The Balaban J connectivity index is 1.88. The summed E-state index contributed by atoms with van der Waals surface area (Å²) in [6.07, 6.45) is 0. The molecule has 26 heavy (non-hydrogen) atoms. The van der Waals surface area contributed by atoms with E-state index in [9.17, 15) is 4.79 Å². The molecule has 140 valence electrons. The van der Waals surface area contributed by atoms with Crippen LogP contribution < -0.4 is 20.7 Å². The zero-order valence-electron chi connectivity index (χ0n) is 15.2. The molecular weight excluding hydrogens is 348 g/mol. The molecule has 0 spiro atoms. The van der Waals surface area contributed by atoms with Gasteiger partial charge in [0.25, 0.3) is 5.91 Å². The Labute approximate surface area is 158 Å². The number of carbonyl (C=O) groups is 1. The molecule has 1 aromatic carbocycles. The average molecular weight is 375 g/mol. The predicted molar refractivity (Wildman–Crippen MR) is 107 cm³/mol. The average Bonchev–Trinajstić information content (AvgIpc) is 3.16. The zero-order chi connectivity index (χ0) is 18.6. The van der Waals surface area contributed by atoms with Crippen LogP contribution in [0.4, 0.5) is 0 Å². The Morgan fingerprint density at radius 1 is 1.12 bits per heavy atom. The number of benzene rings is 1. The van der Waals surface area contributed by atoms with Gasteiger partial charge >= 0.3 is 0 Å². The molecule has 0 radical (unpaired) electrons. The van der Waals surface area contributed by atoms with Gasteiger partial charge in [-0.25, -0.2) is 4.99 Å². The molecule has 2 aromatic rings. The smallest absolute Gasteiger partial charge is 0.257 e. The van der Waals surface area contributed by atoms with E-state index >= 15 is 0 Å². The number of rotatable bonds is 9. The number of aliphatic imine (C=N–C) groups is 1. The highest BCUT2D eigenvalue weighted by atomic mass is 32.1. The van der Waals surface area contributed by atoms with Crippen molar-refractivity contribution in [2.75, 3.05) is 19.7 Å². The lowest BCUT2D eigenvalue weighted by Crippen LogP contribution is -2.36. The molecule has 7 heteroatoms. The van der Waals surface area contributed by atoms with Gasteiger partial charge in [0, 0.05) is 19.6 Å². The van der Waals surface area contributed by atoms with E-state index < -0.39 is 0 Å². The third kappa shape index (κ3) is 7.14. The summed E-state index contributed by atoms with van der Waals surface area (Å²) in [4.78, 5) is 16.1. The first-order valence-corrected chi connectivity index (χ1v) is 9.67. The van der Waals surface area contributed by atoms with Gasteiger partial charge in [-0.05, 0) is 53.9 Å². The van der Waals surface area contributed by atoms with Gasteiger partial charge in [-0.3, -0.25) is 4.79 Å². The Hall–Kier alpha value is -2.54. The van der Waals surface area contributed by atoms with Gasteiger partial charge in [0.15, 0.2) is 12.6 Å². The topological polar surface area (TPSA) is 74.8 Å². The fraction of sp³-hybridized carbons (Fsp3) is 0.368. The first-order chi connectivity index (χ1) is 12.7. The summed E-state index contributed by atoms with van der Waals surface area (Å²) in [7, 11) is 0. The maximum atomic E-state index is 11.5. The van der Waals surface area contributed by atoms with Crippen LogP contribution in [0.2, 0.25) is 0 Å². The lowest BCUT2D eigenvalue weighted by molar-refractivity contribution is -0.122. The third-order valence-electron chi connectivity index (χ3n) is 3.45. The van der Waals surface area contributed by atoms with Crippen LogP contribution in [0.5, 0.6) is 5.75 Å². The Morgan fingerprint density at radius 3 is 2.69 bits per heavy atom. The zero-order valence-corrected chi connectivity index (χ0v) is 16.1. The van der Waals surface area contributed by atoms with Crippen molar-refractivity contribution in [3.63, 3.8) is 0 Å². The number of ether oxygens (including phenoxy) is 1. The number of nitrogens with zero attached hydrogens (tertiary/aromatic N) is 1. The van der Waals surface area contributed by atoms with Crippen LogP contribution >= 0.6 is 11.3 Å². The van der Waals surface area contributed by atoms with Gasteiger partial charge in [-0.1, -0.05) is 12.1 Å². The van der Waals surface area contributed by atoms with E-state index in [-0.39, 0.29) is 12.5 Å². The van der Waals surface area contributed by atoms with Crippen LogP contribution in [0.1, 0.15) is 25.0 Å². The van der Waals surface area contributed by atoms with Crippen LogP contribution in [-0.2, 0) is 17.9 Å². The van der Waals surface area contributed by atoms with Crippen molar-refractivity contribution in [2.24, 2.45) is 4.99 Å². The summed E-state index contributed by atoms with van der Waals surface area (Å²) >= 11 is 1.67. The van der Waals surface area contributed by atoms with Crippen molar-refractivity contribution >= 4 is 23.2 Å². The van der Waals surface area contributed by atoms with Gasteiger partial charge in [0.1, 0.15) is 5.75 Å². The molecule has 1 amide bonds. The van der Waals surface area contributed by atoms with Crippen LogP contribution in [0.25, 0.3) is 0 Å². The highest BCUT2D eigenvalue weighted by Crippen LogP contribution is 2.13. The fourth-order valence-corrected chi connectivity index (χ4v) is 2.88. The number of guanidine groups is 1. The SMILES string of the molecule is CCNC(=O)COc1cccc(CNC(=NCc2ccsc2)NCC)c1. The number of nitrogens with one attached hydrogen (secondary N) is 3. The number of thiophene rings is 1. The van der Waals surface area contributed by atoms with Gasteiger partial charge in [0.2, 0.25) is 0 Å². The van der Waals surface area contributed by atoms with E-state index in [0.29, 0.717) is 25.4 Å². The summed E-state index contributed by atoms with van der Waals surface area (Å²) in [5.41, 5.74) is 2.26. The standard InChI is InChI=1S/C19H26N4O2S/c1-3-20-18(24)13-25-17-7-5-6-15(10-17)11-22-19(21-4-2)23-12-16-8-9-26-14-16/h5-10,14H,3-4,11-13H2,1-2H3,(H,20,24)(H2,21,22,23). The minimum Gasteiger partial charge on any atom is -0.484 e. The van der Waals surface area contributed by atoms with Crippen molar-refractivity contribution in [1.29, 1.82) is 0 Å². The van der Waals surface area contributed by atoms with E-state index in [4.69, 9.17) is 4.74 Å². The van der Waals surface area contributed by atoms with Gasteiger partial charge in [-0.15, -0.1) is 0 Å². The van der Waals surface area contributed by atoms with Gasteiger partial charge < -0.3 is 20.7 Å². The van der Waals surface area contributed by atoms with Crippen molar-refractivity contribution in [3.8, 4) is 5.75 Å². The normalized spacial score (nSPS) is 11.1. The number of amides is 1.